The molecule has 1 aromatic rings. The summed E-state index contributed by atoms with van der Waals surface area (Å²) in [5.74, 6) is -2.58. The van der Waals surface area contributed by atoms with Gasteiger partial charge in [-0.1, -0.05) is 0 Å². The minimum absolute atomic E-state index is 0.00416. The lowest BCUT2D eigenvalue weighted by Gasteiger charge is -2.29. The Balaban J connectivity index is 2.05. The first kappa shape index (κ1) is 12.1. The third-order valence-electron chi connectivity index (χ3n) is 3.22. The second kappa shape index (κ2) is 4.47. The summed E-state index contributed by atoms with van der Waals surface area (Å²) in [7, 11) is 0. The van der Waals surface area contributed by atoms with Crippen LogP contribution in [-0.2, 0) is 6.54 Å². The molecule has 0 spiro atoms. The van der Waals surface area contributed by atoms with Gasteiger partial charge in [-0.25, -0.2) is 8.78 Å². The fourth-order valence-corrected chi connectivity index (χ4v) is 2.39. The fourth-order valence-electron chi connectivity index (χ4n) is 2.39. The average Bonchev–Trinajstić information content (AvgIpc) is 2.22. The van der Waals surface area contributed by atoms with E-state index in [4.69, 9.17) is 5.73 Å². The lowest BCUT2D eigenvalue weighted by molar-refractivity contribution is -0.0547. The van der Waals surface area contributed by atoms with Crippen molar-refractivity contribution < 1.29 is 8.78 Å². The molecule has 5 heteroatoms. The molecule has 1 aliphatic carbocycles. The number of aromatic nitrogens is 1. The summed E-state index contributed by atoms with van der Waals surface area (Å²) in [6, 6.07) is 1.37. The number of anilines is 1. The van der Waals surface area contributed by atoms with Crippen molar-refractivity contribution in [3.63, 3.8) is 0 Å². The van der Waals surface area contributed by atoms with E-state index in [2.05, 4.69) is 0 Å². The summed E-state index contributed by atoms with van der Waals surface area (Å²) in [5, 5.41) is 0. The van der Waals surface area contributed by atoms with Crippen LogP contribution in [0.1, 0.15) is 25.7 Å². The molecule has 0 radical (unpaired) electrons. The predicted molar refractivity (Wildman–Crippen MR) is 62.0 cm³/mol. The van der Waals surface area contributed by atoms with Gasteiger partial charge in [-0.3, -0.25) is 4.79 Å². The Labute approximate surface area is 98.2 Å². The molecule has 1 fully saturated rings. The number of halogens is 2. The number of nitrogens with zero attached hydrogens (tertiary/aromatic N) is 1. The van der Waals surface area contributed by atoms with Crippen LogP contribution in [0, 0.1) is 5.92 Å². The minimum atomic E-state index is -2.53. The molecule has 0 bridgehead atoms. The standard InChI is InChI=1S/C12H16F2N2O/c13-12(14)4-1-2-9(6-12)7-16-5-3-11(17)10(15)8-16/h3,5,8-9H,1-2,4,6-7,15H2. The Bertz CT molecular complexity index is 456. The molecule has 2 N–H and O–H groups in total. The van der Waals surface area contributed by atoms with Gasteiger partial charge in [0.1, 0.15) is 0 Å². The van der Waals surface area contributed by atoms with Gasteiger partial charge >= 0.3 is 0 Å². The number of hydrogen-bond donors (Lipinski definition) is 1. The molecule has 1 aromatic heterocycles. The third-order valence-corrected chi connectivity index (χ3v) is 3.22. The van der Waals surface area contributed by atoms with Crippen LogP contribution in [-0.4, -0.2) is 10.5 Å². The van der Waals surface area contributed by atoms with Gasteiger partial charge in [-0.05, 0) is 18.8 Å². The number of hydrogen-bond acceptors (Lipinski definition) is 2. The maximum absolute atomic E-state index is 13.2. The second-order valence-electron chi connectivity index (χ2n) is 4.78. The number of pyridine rings is 1. The van der Waals surface area contributed by atoms with Gasteiger partial charge in [0.05, 0.1) is 5.69 Å². The first-order valence-corrected chi connectivity index (χ1v) is 5.80. The minimum Gasteiger partial charge on any atom is -0.394 e. The summed E-state index contributed by atoms with van der Waals surface area (Å²) in [5.41, 5.74) is 5.43. The maximum atomic E-state index is 13.2. The Kier molecular flexibility index (Phi) is 3.17. The third kappa shape index (κ3) is 3.05. The van der Waals surface area contributed by atoms with Crippen LogP contribution in [0.5, 0.6) is 0 Å². The summed E-state index contributed by atoms with van der Waals surface area (Å²) < 4.78 is 28.2. The first-order valence-electron chi connectivity index (χ1n) is 5.80. The predicted octanol–water partition coefficient (Wildman–Crippen LogP) is 2.26. The van der Waals surface area contributed by atoms with Crippen molar-refractivity contribution in [2.75, 3.05) is 5.73 Å². The molecular formula is C12H16F2N2O. The van der Waals surface area contributed by atoms with E-state index < -0.39 is 5.92 Å². The summed E-state index contributed by atoms with van der Waals surface area (Å²) >= 11 is 0. The molecule has 0 aromatic carbocycles. The molecule has 2 rings (SSSR count). The Hall–Kier alpha value is -1.39. The van der Waals surface area contributed by atoms with E-state index in [0.717, 1.165) is 6.42 Å². The van der Waals surface area contributed by atoms with Crippen molar-refractivity contribution in [1.29, 1.82) is 0 Å². The molecule has 1 saturated carbocycles. The van der Waals surface area contributed by atoms with Crippen LogP contribution < -0.4 is 11.2 Å². The molecule has 17 heavy (non-hydrogen) atoms. The van der Waals surface area contributed by atoms with Gasteiger partial charge in [0, 0.05) is 37.8 Å². The van der Waals surface area contributed by atoms with Gasteiger partial charge in [0.25, 0.3) is 0 Å². The number of nitrogens with two attached hydrogens (primary N) is 1. The van der Waals surface area contributed by atoms with Crippen LogP contribution in [0.3, 0.4) is 0 Å². The zero-order valence-electron chi connectivity index (χ0n) is 9.53. The van der Waals surface area contributed by atoms with E-state index in [1.807, 2.05) is 0 Å². The quantitative estimate of drug-likeness (QED) is 0.864. The van der Waals surface area contributed by atoms with Crippen molar-refractivity contribution in [2.45, 2.75) is 38.2 Å². The largest absolute Gasteiger partial charge is 0.394 e. The van der Waals surface area contributed by atoms with E-state index in [0.29, 0.717) is 13.0 Å². The zero-order chi connectivity index (χ0) is 12.5. The van der Waals surface area contributed by atoms with Crippen molar-refractivity contribution >= 4 is 5.69 Å². The topological polar surface area (TPSA) is 48.0 Å². The van der Waals surface area contributed by atoms with Gasteiger partial charge < -0.3 is 10.3 Å². The van der Waals surface area contributed by atoms with E-state index >= 15 is 0 Å². The first-order chi connectivity index (χ1) is 7.96. The van der Waals surface area contributed by atoms with E-state index in [9.17, 15) is 13.6 Å². The van der Waals surface area contributed by atoms with Crippen LogP contribution in [0.4, 0.5) is 14.5 Å². The molecule has 1 unspecified atom stereocenters. The maximum Gasteiger partial charge on any atom is 0.248 e. The highest BCUT2D eigenvalue weighted by molar-refractivity contribution is 5.33. The molecule has 1 atom stereocenters. The Morgan fingerprint density at radius 3 is 2.94 bits per heavy atom. The molecule has 0 aliphatic heterocycles. The van der Waals surface area contributed by atoms with Gasteiger partial charge in [0.15, 0.2) is 0 Å². The average molecular weight is 242 g/mol. The molecule has 0 amide bonds. The van der Waals surface area contributed by atoms with Crippen LogP contribution in [0.2, 0.25) is 0 Å². The fraction of sp³-hybridized carbons (Fsp3) is 0.583. The van der Waals surface area contributed by atoms with Crippen molar-refractivity contribution in [3.05, 3.63) is 28.7 Å². The number of alkyl halides is 2. The Morgan fingerprint density at radius 1 is 1.53 bits per heavy atom. The highest BCUT2D eigenvalue weighted by Crippen LogP contribution is 2.37. The highest BCUT2D eigenvalue weighted by Gasteiger charge is 2.36. The van der Waals surface area contributed by atoms with E-state index in [-0.39, 0.29) is 29.9 Å². The van der Waals surface area contributed by atoms with Crippen molar-refractivity contribution in [1.82, 2.24) is 4.57 Å². The molecular weight excluding hydrogens is 226 g/mol. The Morgan fingerprint density at radius 2 is 2.29 bits per heavy atom. The number of nitrogen functional groups attached to an aromatic ring is 1. The zero-order valence-corrected chi connectivity index (χ0v) is 9.53. The molecule has 0 saturated heterocycles. The summed E-state index contributed by atoms with van der Waals surface area (Å²) in [4.78, 5) is 11.1. The van der Waals surface area contributed by atoms with Gasteiger partial charge in [0.2, 0.25) is 11.4 Å². The summed E-state index contributed by atoms with van der Waals surface area (Å²) in [6.45, 7) is 0.500. The molecule has 1 aliphatic rings. The van der Waals surface area contributed by atoms with Gasteiger partial charge in [-0.2, -0.15) is 0 Å². The van der Waals surface area contributed by atoms with Crippen molar-refractivity contribution in [2.24, 2.45) is 5.92 Å². The normalized spacial score (nSPS) is 23.5. The molecule has 3 nitrogen and oxygen atoms in total. The van der Waals surface area contributed by atoms with Crippen LogP contribution >= 0.6 is 0 Å². The van der Waals surface area contributed by atoms with Gasteiger partial charge in [-0.15, -0.1) is 0 Å². The second-order valence-corrected chi connectivity index (χ2v) is 4.78. The smallest absolute Gasteiger partial charge is 0.248 e. The van der Waals surface area contributed by atoms with E-state index in [1.165, 1.54) is 12.3 Å². The van der Waals surface area contributed by atoms with Crippen LogP contribution in [0.25, 0.3) is 0 Å². The SMILES string of the molecule is Nc1cn(CC2CCCC(F)(F)C2)ccc1=O. The highest BCUT2D eigenvalue weighted by atomic mass is 19.3. The summed E-state index contributed by atoms with van der Waals surface area (Å²) in [6.07, 6.45) is 4.42. The lowest BCUT2D eigenvalue weighted by Crippen LogP contribution is -2.28. The van der Waals surface area contributed by atoms with E-state index in [1.54, 1.807) is 10.8 Å². The molecule has 94 valence electrons. The van der Waals surface area contributed by atoms with Crippen molar-refractivity contribution in [3.8, 4) is 0 Å². The monoisotopic (exact) mass is 242 g/mol. The van der Waals surface area contributed by atoms with Crippen LogP contribution in [0.15, 0.2) is 23.3 Å². The molecule has 1 heterocycles. The number of rotatable bonds is 2. The lowest BCUT2D eigenvalue weighted by atomic mass is 9.86.